The fourth-order valence-electron chi connectivity index (χ4n) is 2.94. The molecule has 0 aromatic heterocycles. The number of hydrogen-bond acceptors (Lipinski definition) is 5. The van der Waals surface area contributed by atoms with Crippen LogP contribution in [0.3, 0.4) is 0 Å². The molecule has 170 valence electrons. The smallest absolute Gasteiger partial charge is 0.240 e. The Hall–Kier alpha value is -4.13. The zero-order valence-corrected chi connectivity index (χ0v) is 18.7. The Balaban J connectivity index is 1.46. The second-order valence-electron chi connectivity index (χ2n) is 7.39. The molecule has 7 nitrogen and oxygen atoms in total. The zero-order valence-electron chi connectivity index (χ0n) is 18.7. The number of rotatable bonds is 10. The molecule has 0 aliphatic rings. The fraction of sp³-hybridized carbons (Fsp3) is 0.192. The number of anilines is 1. The van der Waals surface area contributed by atoms with Gasteiger partial charge in [-0.25, -0.2) is 5.43 Å². The largest absolute Gasteiger partial charge is 0.493 e. The third-order valence-corrected chi connectivity index (χ3v) is 4.74. The Kier molecular flexibility index (Phi) is 8.59. The summed E-state index contributed by atoms with van der Waals surface area (Å²) < 4.78 is 11.3. The second-order valence-corrected chi connectivity index (χ2v) is 7.39. The van der Waals surface area contributed by atoms with Gasteiger partial charge in [-0.3, -0.25) is 9.59 Å². The van der Waals surface area contributed by atoms with Crippen LogP contribution in [0.4, 0.5) is 5.69 Å². The van der Waals surface area contributed by atoms with Gasteiger partial charge < -0.3 is 14.8 Å². The van der Waals surface area contributed by atoms with Gasteiger partial charge in [-0.05, 0) is 48.4 Å². The Bertz CT molecular complexity index is 1100. The summed E-state index contributed by atoms with van der Waals surface area (Å²) in [7, 11) is 1.57. The number of nitrogens with one attached hydrogen (secondary N) is 2. The van der Waals surface area contributed by atoms with Gasteiger partial charge in [-0.15, -0.1) is 0 Å². The maximum atomic E-state index is 12.0. The molecule has 0 bridgehead atoms. The molecule has 2 N–H and O–H groups in total. The van der Waals surface area contributed by atoms with Crippen LogP contribution in [0.1, 0.15) is 29.5 Å². The number of hydrogen-bond donors (Lipinski definition) is 2. The van der Waals surface area contributed by atoms with Crippen molar-refractivity contribution in [3.63, 3.8) is 0 Å². The van der Waals surface area contributed by atoms with E-state index in [9.17, 15) is 9.59 Å². The van der Waals surface area contributed by atoms with Crippen LogP contribution in [0.5, 0.6) is 11.5 Å². The maximum Gasteiger partial charge on any atom is 0.240 e. The number of amides is 2. The summed E-state index contributed by atoms with van der Waals surface area (Å²) in [4.78, 5) is 23.9. The van der Waals surface area contributed by atoms with Crippen molar-refractivity contribution in [1.82, 2.24) is 5.43 Å². The molecule has 3 rings (SSSR count). The lowest BCUT2D eigenvalue weighted by Crippen LogP contribution is -2.20. The van der Waals surface area contributed by atoms with E-state index >= 15 is 0 Å². The highest BCUT2D eigenvalue weighted by Gasteiger charge is 2.08. The molecule has 0 radical (unpaired) electrons. The van der Waals surface area contributed by atoms with E-state index in [1.807, 2.05) is 55.5 Å². The average molecular weight is 446 g/mol. The summed E-state index contributed by atoms with van der Waals surface area (Å²) in [6, 6.07) is 22.6. The minimum Gasteiger partial charge on any atom is -0.493 e. The molecule has 7 heteroatoms. The molecular weight excluding hydrogens is 418 g/mol. The van der Waals surface area contributed by atoms with Crippen LogP contribution in [0.15, 0.2) is 77.9 Å². The number of carbonyl (C=O) groups excluding carboxylic acids is 2. The Morgan fingerprint density at radius 1 is 0.909 bits per heavy atom. The molecular formula is C26H27N3O4. The molecule has 0 aliphatic heterocycles. The number of ether oxygens (including phenoxy) is 2. The number of para-hydroxylation sites is 1. The van der Waals surface area contributed by atoms with Crippen LogP contribution in [-0.4, -0.2) is 25.1 Å². The number of nitrogens with zero attached hydrogens (tertiary/aromatic N) is 1. The van der Waals surface area contributed by atoms with E-state index in [1.54, 1.807) is 31.4 Å². The summed E-state index contributed by atoms with van der Waals surface area (Å²) >= 11 is 0. The average Bonchev–Trinajstić information content (AvgIpc) is 2.83. The number of methoxy groups -OCH3 is 1. The van der Waals surface area contributed by atoms with Gasteiger partial charge in [0.15, 0.2) is 11.5 Å². The van der Waals surface area contributed by atoms with E-state index in [4.69, 9.17) is 9.47 Å². The molecule has 0 unspecified atom stereocenters. The van der Waals surface area contributed by atoms with Gasteiger partial charge >= 0.3 is 0 Å². The van der Waals surface area contributed by atoms with Crippen molar-refractivity contribution < 1.29 is 19.1 Å². The maximum absolute atomic E-state index is 12.0. The van der Waals surface area contributed by atoms with E-state index in [0.29, 0.717) is 23.8 Å². The van der Waals surface area contributed by atoms with Crippen LogP contribution in [0, 0.1) is 6.92 Å². The van der Waals surface area contributed by atoms with E-state index in [1.165, 1.54) is 11.8 Å². The van der Waals surface area contributed by atoms with Crippen LogP contribution in [0.2, 0.25) is 0 Å². The van der Waals surface area contributed by atoms with Crippen molar-refractivity contribution >= 4 is 23.7 Å². The summed E-state index contributed by atoms with van der Waals surface area (Å²) in [6.07, 6.45) is 1.61. The van der Waals surface area contributed by atoms with Crippen LogP contribution < -0.4 is 20.2 Å². The standard InChI is InChI=1S/C26H27N3O4/c1-19-8-10-20(11-9-19)18-33-23-13-12-21(16-24(23)32-2)17-27-29-26(31)15-14-25(30)28-22-6-4-3-5-7-22/h3-13,16-17H,14-15,18H2,1-2H3,(H,28,30)(H,29,31). The second kappa shape index (κ2) is 12.0. The van der Waals surface area contributed by atoms with E-state index in [0.717, 1.165) is 11.1 Å². The molecule has 2 amide bonds. The van der Waals surface area contributed by atoms with E-state index in [-0.39, 0.29) is 24.7 Å². The minimum absolute atomic E-state index is 0.0329. The highest BCUT2D eigenvalue weighted by atomic mass is 16.5. The lowest BCUT2D eigenvalue weighted by atomic mass is 10.2. The van der Waals surface area contributed by atoms with Gasteiger partial charge in [-0.1, -0.05) is 48.0 Å². The molecule has 0 saturated carbocycles. The fourth-order valence-corrected chi connectivity index (χ4v) is 2.94. The van der Waals surface area contributed by atoms with Crippen LogP contribution >= 0.6 is 0 Å². The molecule has 0 spiro atoms. The Morgan fingerprint density at radius 2 is 1.64 bits per heavy atom. The molecule has 0 heterocycles. The van der Waals surface area contributed by atoms with Gasteiger partial charge in [0.2, 0.25) is 11.8 Å². The molecule has 3 aromatic carbocycles. The van der Waals surface area contributed by atoms with Gasteiger partial charge in [0, 0.05) is 18.5 Å². The van der Waals surface area contributed by atoms with Crippen molar-refractivity contribution in [2.45, 2.75) is 26.4 Å². The molecule has 33 heavy (non-hydrogen) atoms. The van der Waals surface area contributed by atoms with Gasteiger partial charge in [0.25, 0.3) is 0 Å². The molecule has 3 aromatic rings. The van der Waals surface area contributed by atoms with Crippen molar-refractivity contribution in [3.05, 3.63) is 89.5 Å². The third kappa shape index (κ3) is 7.81. The summed E-state index contributed by atoms with van der Waals surface area (Å²) in [5.74, 6) is 0.601. The predicted octanol–water partition coefficient (Wildman–Crippen LogP) is 4.45. The summed E-state index contributed by atoms with van der Waals surface area (Å²) in [5, 5.41) is 6.69. The lowest BCUT2D eigenvalue weighted by molar-refractivity contribution is -0.124. The first-order valence-corrected chi connectivity index (χ1v) is 10.6. The molecule has 0 atom stereocenters. The third-order valence-electron chi connectivity index (χ3n) is 4.74. The topological polar surface area (TPSA) is 89.0 Å². The van der Waals surface area contributed by atoms with Crippen molar-refractivity contribution in [2.75, 3.05) is 12.4 Å². The molecule has 0 saturated heterocycles. The Labute approximate surface area is 193 Å². The highest BCUT2D eigenvalue weighted by Crippen LogP contribution is 2.28. The zero-order chi connectivity index (χ0) is 23.5. The van der Waals surface area contributed by atoms with Crippen LogP contribution in [-0.2, 0) is 16.2 Å². The Morgan fingerprint density at radius 3 is 2.36 bits per heavy atom. The van der Waals surface area contributed by atoms with Crippen molar-refractivity contribution in [2.24, 2.45) is 5.10 Å². The first kappa shape index (κ1) is 23.5. The lowest BCUT2D eigenvalue weighted by Gasteiger charge is -2.11. The monoisotopic (exact) mass is 445 g/mol. The number of benzene rings is 3. The predicted molar refractivity (Wildman–Crippen MR) is 129 cm³/mol. The number of hydrazone groups is 1. The van der Waals surface area contributed by atoms with Gasteiger partial charge in [0.1, 0.15) is 6.61 Å². The summed E-state index contributed by atoms with van der Waals surface area (Å²) in [5.41, 5.74) is 6.12. The normalized spacial score (nSPS) is 10.6. The van der Waals surface area contributed by atoms with Crippen molar-refractivity contribution in [3.8, 4) is 11.5 Å². The summed E-state index contributed by atoms with van der Waals surface area (Å²) in [6.45, 7) is 2.47. The SMILES string of the molecule is COc1cc(C=NNC(=O)CCC(=O)Nc2ccccc2)ccc1OCc1ccc(C)cc1. The van der Waals surface area contributed by atoms with Gasteiger partial charge in [0.05, 0.1) is 13.3 Å². The van der Waals surface area contributed by atoms with Gasteiger partial charge in [-0.2, -0.15) is 5.10 Å². The quantitative estimate of drug-likeness (QED) is 0.356. The first-order chi connectivity index (χ1) is 16.0. The van der Waals surface area contributed by atoms with Crippen LogP contribution in [0.25, 0.3) is 0 Å². The van der Waals surface area contributed by atoms with E-state index in [2.05, 4.69) is 15.8 Å². The minimum atomic E-state index is -0.348. The first-order valence-electron chi connectivity index (χ1n) is 10.6. The molecule has 0 fully saturated rings. The molecule has 0 aliphatic carbocycles. The van der Waals surface area contributed by atoms with E-state index < -0.39 is 0 Å². The number of carbonyl (C=O) groups is 2. The highest BCUT2D eigenvalue weighted by molar-refractivity contribution is 5.93. The van der Waals surface area contributed by atoms with Crippen molar-refractivity contribution in [1.29, 1.82) is 0 Å². The number of aryl methyl sites for hydroxylation is 1.